The summed E-state index contributed by atoms with van der Waals surface area (Å²) in [6.07, 6.45) is 3.58. The molecule has 2 amide bonds. The zero-order chi connectivity index (χ0) is 15.8. The number of piperidine rings is 1. The minimum absolute atomic E-state index is 0.124. The average molecular weight is 297 g/mol. The number of carboxylic acids is 1. The van der Waals surface area contributed by atoms with Gasteiger partial charge >= 0.3 is 12.0 Å². The number of carbonyl (C=O) groups is 2. The third-order valence-corrected chi connectivity index (χ3v) is 5.08. The number of rotatable bonds is 2. The lowest BCUT2D eigenvalue weighted by atomic mass is 9.97. The van der Waals surface area contributed by atoms with E-state index < -0.39 is 11.5 Å². The molecular formula is C15H27N3O3. The Labute approximate surface area is 126 Å². The van der Waals surface area contributed by atoms with E-state index in [0.29, 0.717) is 12.6 Å². The molecule has 2 unspecified atom stereocenters. The van der Waals surface area contributed by atoms with Crippen molar-refractivity contribution in [3.8, 4) is 0 Å². The molecule has 0 aromatic rings. The molecule has 2 atom stereocenters. The van der Waals surface area contributed by atoms with Gasteiger partial charge in [0.15, 0.2) is 0 Å². The molecule has 21 heavy (non-hydrogen) atoms. The van der Waals surface area contributed by atoms with Crippen LogP contribution >= 0.6 is 0 Å². The number of fused-ring (bicyclic) bond motifs is 1. The minimum Gasteiger partial charge on any atom is -0.480 e. The summed E-state index contributed by atoms with van der Waals surface area (Å²) in [7, 11) is 1.58. The maximum absolute atomic E-state index is 12.7. The molecular weight excluding hydrogens is 270 g/mol. The van der Waals surface area contributed by atoms with Crippen molar-refractivity contribution >= 4 is 12.0 Å². The van der Waals surface area contributed by atoms with Crippen LogP contribution in [-0.4, -0.2) is 76.1 Å². The van der Waals surface area contributed by atoms with Gasteiger partial charge in [0, 0.05) is 32.2 Å². The number of nitrogens with zero attached hydrogens (tertiary/aromatic N) is 3. The molecule has 2 saturated heterocycles. The first-order valence-corrected chi connectivity index (χ1v) is 7.77. The summed E-state index contributed by atoms with van der Waals surface area (Å²) in [5, 5.41) is 9.29. The summed E-state index contributed by atoms with van der Waals surface area (Å²) < 4.78 is 0. The number of carboxylic acid groups (broad SMARTS) is 1. The van der Waals surface area contributed by atoms with Gasteiger partial charge in [0.05, 0.1) is 0 Å². The molecule has 6 nitrogen and oxygen atoms in total. The Kier molecular flexibility index (Phi) is 4.46. The number of likely N-dealkylation sites (N-methyl/N-ethyl adjacent to an activating group) is 1. The summed E-state index contributed by atoms with van der Waals surface area (Å²) >= 11 is 0. The quantitative estimate of drug-likeness (QED) is 0.838. The highest BCUT2D eigenvalue weighted by molar-refractivity contribution is 5.85. The third kappa shape index (κ3) is 3.00. The fourth-order valence-electron chi connectivity index (χ4n) is 3.19. The fraction of sp³-hybridized carbons (Fsp3) is 0.867. The predicted molar refractivity (Wildman–Crippen MR) is 80.3 cm³/mol. The second kappa shape index (κ2) is 5.83. The molecule has 0 bridgehead atoms. The third-order valence-electron chi connectivity index (χ3n) is 5.08. The Hall–Kier alpha value is -1.30. The summed E-state index contributed by atoms with van der Waals surface area (Å²) in [6.45, 7) is 7.89. The number of carbonyl (C=O) groups excluding carboxylic acids is 1. The zero-order valence-electron chi connectivity index (χ0n) is 13.5. The van der Waals surface area contributed by atoms with Crippen LogP contribution in [0.1, 0.15) is 40.0 Å². The first kappa shape index (κ1) is 16.1. The lowest BCUT2D eigenvalue weighted by Gasteiger charge is -2.49. The molecule has 1 N–H and O–H groups in total. The van der Waals surface area contributed by atoms with Crippen LogP contribution in [0.15, 0.2) is 0 Å². The van der Waals surface area contributed by atoms with E-state index in [1.807, 2.05) is 11.8 Å². The molecule has 2 fully saturated rings. The largest absolute Gasteiger partial charge is 0.480 e. The van der Waals surface area contributed by atoms with Gasteiger partial charge in [-0.25, -0.2) is 9.59 Å². The molecule has 0 aromatic carbocycles. The molecule has 2 aliphatic heterocycles. The Morgan fingerprint density at radius 1 is 1.24 bits per heavy atom. The Morgan fingerprint density at radius 2 is 1.90 bits per heavy atom. The molecule has 0 aliphatic carbocycles. The van der Waals surface area contributed by atoms with E-state index in [9.17, 15) is 14.7 Å². The fourth-order valence-corrected chi connectivity index (χ4v) is 3.19. The highest BCUT2D eigenvalue weighted by atomic mass is 16.4. The van der Waals surface area contributed by atoms with Crippen molar-refractivity contribution in [2.45, 2.75) is 57.7 Å². The average Bonchev–Trinajstić information content (AvgIpc) is 2.44. The Balaban J connectivity index is 2.09. The van der Waals surface area contributed by atoms with Gasteiger partial charge in [-0.1, -0.05) is 6.42 Å². The van der Waals surface area contributed by atoms with Gasteiger partial charge in [0.25, 0.3) is 0 Å². The summed E-state index contributed by atoms with van der Waals surface area (Å²) in [4.78, 5) is 29.7. The van der Waals surface area contributed by atoms with E-state index in [1.165, 1.54) is 17.7 Å². The van der Waals surface area contributed by atoms with Crippen molar-refractivity contribution in [3.63, 3.8) is 0 Å². The summed E-state index contributed by atoms with van der Waals surface area (Å²) in [5.41, 5.74) is -1.19. The van der Waals surface area contributed by atoms with Gasteiger partial charge in [0.1, 0.15) is 5.54 Å². The van der Waals surface area contributed by atoms with Crippen LogP contribution in [0.25, 0.3) is 0 Å². The SMILES string of the molecule is CC1CN2CCCCC2CN1C(=O)N(C)C(C)(C)C(=O)O. The number of hydrogen-bond acceptors (Lipinski definition) is 3. The molecule has 2 heterocycles. The summed E-state index contributed by atoms with van der Waals surface area (Å²) in [6, 6.07) is 0.374. The van der Waals surface area contributed by atoms with Crippen LogP contribution < -0.4 is 0 Å². The molecule has 6 heteroatoms. The molecule has 2 rings (SSSR count). The van der Waals surface area contributed by atoms with Crippen LogP contribution in [0.4, 0.5) is 4.79 Å². The number of urea groups is 1. The van der Waals surface area contributed by atoms with E-state index in [1.54, 1.807) is 20.9 Å². The molecule has 0 saturated carbocycles. The number of aliphatic carboxylic acids is 1. The van der Waals surface area contributed by atoms with Gasteiger partial charge < -0.3 is 14.9 Å². The van der Waals surface area contributed by atoms with E-state index in [4.69, 9.17) is 0 Å². The van der Waals surface area contributed by atoms with Crippen molar-refractivity contribution < 1.29 is 14.7 Å². The van der Waals surface area contributed by atoms with Gasteiger partial charge in [-0.15, -0.1) is 0 Å². The maximum atomic E-state index is 12.7. The van der Waals surface area contributed by atoms with E-state index in [-0.39, 0.29) is 12.1 Å². The van der Waals surface area contributed by atoms with Crippen molar-refractivity contribution in [2.24, 2.45) is 0 Å². The van der Waals surface area contributed by atoms with Gasteiger partial charge in [0.2, 0.25) is 0 Å². The van der Waals surface area contributed by atoms with Crippen LogP contribution in [0.5, 0.6) is 0 Å². The van der Waals surface area contributed by atoms with Crippen LogP contribution in [0.2, 0.25) is 0 Å². The topological polar surface area (TPSA) is 64.1 Å². The number of piperazine rings is 1. The standard InChI is InChI=1S/C15H27N3O3/c1-11-9-17-8-6-5-7-12(17)10-18(11)14(21)16(4)15(2,3)13(19)20/h11-12H,5-10H2,1-4H3,(H,19,20). The van der Waals surface area contributed by atoms with Crippen LogP contribution in [0, 0.1) is 0 Å². The lowest BCUT2D eigenvalue weighted by molar-refractivity contribution is -0.147. The number of amides is 2. The van der Waals surface area contributed by atoms with E-state index >= 15 is 0 Å². The maximum Gasteiger partial charge on any atom is 0.329 e. The monoisotopic (exact) mass is 297 g/mol. The smallest absolute Gasteiger partial charge is 0.329 e. The van der Waals surface area contributed by atoms with Gasteiger partial charge in [-0.2, -0.15) is 0 Å². The normalized spacial score (nSPS) is 27.1. The van der Waals surface area contributed by atoms with Crippen LogP contribution in [-0.2, 0) is 4.79 Å². The first-order chi connectivity index (χ1) is 9.75. The molecule has 0 spiro atoms. The molecule has 120 valence electrons. The second-order valence-electron chi connectivity index (χ2n) is 6.85. The van der Waals surface area contributed by atoms with Gasteiger partial charge in [-0.3, -0.25) is 4.90 Å². The van der Waals surface area contributed by atoms with Crippen LogP contribution in [0.3, 0.4) is 0 Å². The first-order valence-electron chi connectivity index (χ1n) is 7.77. The van der Waals surface area contributed by atoms with E-state index in [0.717, 1.165) is 19.5 Å². The Bertz CT molecular complexity index is 424. The Morgan fingerprint density at radius 3 is 2.52 bits per heavy atom. The predicted octanol–water partition coefficient (Wildman–Crippen LogP) is 1.46. The molecule has 0 aromatic heterocycles. The summed E-state index contributed by atoms with van der Waals surface area (Å²) in [5.74, 6) is -0.984. The van der Waals surface area contributed by atoms with E-state index in [2.05, 4.69) is 4.90 Å². The van der Waals surface area contributed by atoms with Crippen molar-refractivity contribution in [3.05, 3.63) is 0 Å². The zero-order valence-corrected chi connectivity index (χ0v) is 13.5. The molecule has 0 radical (unpaired) electrons. The van der Waals surface area contributed by atoms with Gasteiger partial charge in [-0.05, 0) is 40.2 Å². The second-order valence-corrected chi connectivity index (χ2v) is 6.85. The van der Waals surface area contributed by atoms with Crippen molar-refractivity contribution in [1.29, 1.82) is 0 Å². The minimum atomic E-state index is -1.19. The highest BCUT2D eigenvalue weighted by Crippen LogP contribution is 2.26. The number of hydrogen-bond donors (Lipinski definition) is 1. The molecule has 2 aliphatic rings. The van der Waals surface area contributed by atoms with Crippen molar-refractivity contribution in [1.82, 2.24) is 14.7 Å². The van der Waals surface area contributed by atoms with Crippen molar-refractivity contribution in [2.75, 3.05) is 26.7 Å². The highest BCUT2D eigenvalue weighted by Gasteiger charge is 2.41. The lowest BCUT2D eigenvalue weighted by Crippen LogP contribution is -2.64.